The van der Waals surface area contributed by atoms with Crippen LogP contribution in [0.3, 0.4) is 0 Å². The van der Waals surface area contributed by atoms with Gasteiger partial charge in [-0.05, 0) is 25.5 Å². The van der Waals surface area contributed by atoms with Crippen molar-refractivity contribution in [2.75, 3.05) is 6.54 Å². The molecule has 2 rings (SSSR count). The highest BCUT2D eigenvalue weighted by Gasteiger charge is 2.10. The van der Waals surface area contributed by atoms with Crippen LogP contribution in [0.2, 0.25) is 0 Å². The number of benzene rings is 1. The van der Waals surface area contributed by atoms with E-state index in [-0.39, 0.29) is 0 Å². The number of aromatic nitrogens is 1. The molecule has 1 aromatic heterocycles. The number of rotatable bonds is 5. The van der Waals surface area contributed by atoms with E-state index in [0.29, 0.717) is 5.92 Å². The molecule has 96 valence electrons. The fraction of sp³-hybridized carbons (Fsp3) is 0.400. The molecule has 0 saturated heterocycles. The van der Waals surface area contributed by atoms with Crippen LogP contribution in [-0.2, 0) is 6.54 Å². The van der Waals surface area contributed by atoms with Gasteiger partial charge < -0.3 is 9.73 Å². The molecule has 0 aliphatic heterocycles. The molecule has 0 radical (unpaired) electrons. The van der Waals surface area contributed by atoms with E-state index in [0.717, 1.165) is 30.1 Å². The maximum atomic E-state index is 5.51. The lowest BCUT2D eigenvalue weighted by molar-refractivity contribution is 0.545. The molecule has 3 heteroatoms. The topological polar surface area (TPSA) is 38.1 Å². The third kappa shape index (κ3) is 3.20. The first-order valence-electron chi connectivity index (χ1n) is 6.37. The molecule has 0 amide bonds. The van der Waals surface area contributed by atoms with E-state index in [1.807, 2.05) is 6.07 Å². The summed E-state index contributed by atoms with van der Waals surface area (Å²) in [5.74, 6) is 1.51. The third-order valence-electron chi connectivity index (χ3n) is 2.77. The van der Waals surface area contributed by atoms with Gasteiger partial charge in [0.25, 0.3) is 0 Å². The number of nitrogens with zero attached hydrogens (tertiary/aromatic N) is 1. The van der Waals surface area contributed by atoms with Crippen molar-refractivity contribution in [1.29, 1.82) is 0 Å². The van der Waals surface area contributed by atoms with Gasteiger partial charge in [-0.2, -0.15) is 0 Å². The van der Waals surface area contributed by atoms with Gasteiger partial charge in [-0.1, -0.05) is 37.6 Å². The minimum Gasteiger partial charge on any atom is -0.443 e. The molecule has 0 aliphatic rings. The minimum atomic E-state index is 0.638. The SMILES string of the molecule is Cc1cccc(-c2ocnc2CNCC(C)C)c1. The second-order valence-corrected chi connectivity index (χ2v) is 5.02. The number of nitrogens with one attached hydrogen (secondary N) is 1. The van der Waals surface area contributed by atoms with E-state index in [4.69, 9.17) is 4.42 Å². The van der Waals surface area contributed by atoms with Crippen LogP contribution in [0.4, 0.5) is 0 Å². The molecule has 0 aliphatic carbocycles. The number of aryl methyl sites for hydroxylation is 1. The first-order valence-corrected chi connectivity index (χ1v) is 6.37. The molecule has 2 aromatic rings. The molecule has 1 N–H and O–H groups in total. The van der Waals surface area contributed by atoms with Crippen LogP contribution >= 0.6 is 0 Å². The summed E-state index contributed by atoms with van der Waals surface area (Å²) in [6.45, 7) is 8.20. The van der Waals surface area contributed by atoms with Crippen molar-refractivity contribution in [2.45, 2.75) is 27.3 Å². The summed E-state index contributed by atoms with van der Waals surface area (Å²) in [5.41, 5.74) is 3.29. The molecule has 0 saturated carbocycles. The van der Waals surface area contributed by atoms with E-state index in [1.54, 1.807) is 0 Å². The van der Waals surface area contributed by atoms with Crippen molar-refractivity contribution in [3.05, 3.63) is 41.9 Å². The second kappa shape index (κ2) is 5.83. The lowest BCUT2D eigenvalue weighted by Crippen LogP contribution is -2.19. The zero-order valence-electron chi connectivity index (χ0n) is 11.2. The molecule has 0 unspecified atom stereocenters. The minimum absolute atomic E-state index is 0.638. The Bertz CT molecular complexity index is 503. The van der Waals surface area contributed by atoms with Crippen LogP contribution in [0.1, 0.15) is 25.1 Å². The Hall–Kier alpha value is -1.61. The summed E-state index contributed by atoms with van der Waals surface area (Å²) >= 11 is 0. The summed E-state index contributed by atoms with van der Waals surface area (Å²) in [4.78, 5) is 4.29. The zero-order chi connectivity index (χ0) is 13.0. The Morgan fingerprint density at radius 2 is 2.17 bits per heavy atom. The third-order valence-corrected chi connectivity index (χ3v) is 2.77. The smallest absolute Gasteiger partial charge is 0.181 e. The zero-order valence-corrected chi connectivity index (χ0v) is 11.2. The normalized spacial score (nSPS) is 11.1. The van der Waals surface area contributed by atoms with Crippen LogP contribution in [0, 0.1) is 12.8 Å². The monoisotopic (exact) mass is 244 g/mol. The maximum absolute atomic E-state index is 5.51. The molecule has 1 heterocycles. The highest BCUT2D eigenvalue weighted by Crippen LogP contribution is 2.23. The highest BCUT2D eigenvalue weighted by molar-refractivity contribution is 5.60. The largest absolute Gasteiger partial charge is 0.443 e. The van der Waals surface area contributed by atoms with Gasteiger partial charge in [0, 0.05) is 12.1 Å². The summed E-state index contributed by atoms with van der Waals surface area (Å²) in [5, 5.41) is 3.39. The van der Waals surface area contributed by atoms with Gasteiger partial charge in [0.05, 0.1) is 0 Å². The first-order chi connectivity index (χ1) is 8.66. The van der Waals surface area contributed by atoms with Gasteiger partial charge in [0.1, 0.15) is 5.69 Å². The van der Waals surface area contributed by atoms with Gasteiger partial charge in [-0.15, -0.1) is 0 Å². The predicted octanol–water partition coefficient (Wildman–Crippen LogP) is 3.40. The molecule has 1 aromatic carbocycles. The first kappa shape index (κ1) is 12.8. The van der Waals surface area contributed by atoms with Crippen LogP contribution in [0.25, 0.3) is 11.3 Å². The van der Waals surface area contributed by atoms with Crippen molar-refractivity contribution in [3.63, 3.8) is 0 Å². The predicted molar refractivity (Wildman–Crippen MR) is 73.2 cm³/mol. The molecule has 0 spiro atoms. The molecule has 18 heavy (non-hydrogen) atoms. The standard InChI is InChI=1S/C15H20N2O/c1-11(2)8-16-9-14-15(18-10-17-14)13-6-4-5-12(3)7-13/h4-7,10-11,16H,8-9H2,1-3H3. The van der Waals surface area contributed by atoms with Crippen molar-refractivity contribution in [1.82, 2.24) is 10.3 Å². The van der Waals surface area contributed by atoms with Crippen molar-refractivity contribution < 1.29 is 4.42 Å². The quantitative estimate of drug-likeness (QED) is 0.876. The summed E-state index contributed by atoms with van der Waals surface area (Å²) in [6.07, 6.45) is 1.52. The average Bonchev–Trinajstić information content (AvgIpc) is 2.77. The Balaban J connectivity index is 2.12. The lowest BCUT2D eigenvalue weighted by Gasteiger charge is -2.06. The van der Waals surface area contributed by atoms with Gasteiger partial charge in [-0.25, -0.2) is 4.98 Å². The Kier molecular flexibility index (Phi) is 4.15. The highest BCUT2D eigenvalue weighted by atomic mass is 16.3. The van der Waals surface area contributed by atoms with E-state index >= 15 is 0 Å². The van der Waals surface area contributed by atoms with Crippen LogP contribution in [0.5, 0.6) is 0 Å². The molecule has 3 nitrogen and oxygen atoms in total. The molecule has 0 fully saturated rings. The van der Waals surface area contributed by atoms with Crippen LogP contribution in [0.15, 0.2) is 35.1 Å². The number of hydrogen-bond acceptors (Lipinski definition) is 3. The number of hydrogen-bond donors (Lipinski definition) is 1. The summed E-state index contributed by atoms with van der Waals surface area (Å²) < 4.78 is 5.51. The molecule has 0 bridgehead atoms. The fourth-order valence-electron chi connectivity index (χ4n) is 1.90. The Morgan fingerprint density at radius 3 is 2.89 bits per heavy atom. The van der Waals surface area contributed by atoms with Gasteiger partial charge in [0.2, 0.25) is 0 Å². The van der Waals surface area contributed by atoms with E-state index in [1.165, 1.54) is 12.0 Å². The van der Waals surface area contributed by atoms with Gasteiger partial charge >= 0.3 is 0 Å². The van der Waals surface area contributed by atoms with E-state index in [2.05, 4.69) is 49.3 Å². The van der Waals surface area contributed by atoms with Crippen LogP contribution < -0.4 is 5.32 Å². The average molecular weight is 244 g/mol. The van der Waals surface area contributed by atoms with E-state index < -0.39 is 0 Å². The molecular formula is C15H20N2O. The second-order valence-electron chi connectivity index (χ2n) is 5.02. The van der Waals surface area contributed by atoms with E-state index in [9.17, 15) is 0 Å². The van der Waals surface area contributed by atoms with Crippen LogP contribution in [-0.4, -0.2) is 11.5 Å². The fourth-order valence-corrected chi connectivity index (χ4v) is 1.90. The molecule has 0 atom stereocenters. The molecular weight excluding hydrogens is 224 g/mol. The Labute approximate surface area is 108 Å². The van der Waals surface area contributed by atoms with Crippen molar-refractivity contribution >= 4 is 0 Å². The van der Waals surface area contributed by atoms with Gasteiger partial charge in [-0.3, -0.25) is 0 Å². The van der Waals surface area contributed by atoms with Gasteiger partial charge in [0.15, 0.2) is 12.2 Å². The van der Waals surface area contributed by atoms with Crippen molar-refractivity contribution in [3.8, 4) is 11.3 Å². The lowest BCUT2D eigenvalue weighted by atomic mass is 10.1. The number of oxazole rings is 1. The maximum Gasteiger partial charge on any atom is 0.181 e. The Morgan fingerprint density at radius 1 is 1.33 bits per heavy atom. The van der Waals surface area contributed by atoms with Crippen molar-refractivity contribution in [2.24, 2.45) is 5.92 Å². The summed E-state index contributed by atoms with van der Waals surface area (Å²) in [7, 11) is 0. The summed E-state index contributed by atoms with van der Waals surface area (Å²) in [6, 6.07) is 8.29.